The molecule has 0 saturated carbocycles. The third-order valence-corrected chi connectivity index (χ3v) is 24.6. The van der Waals surface area contributed by atoms with E-state index in [1.54, 1.807) is 49.6 Å². The van der Waals surface area contributed by atoms with Crippen LogP contribution < -0.4 is 70.8 Å². The zero-order valence-corrected chi connectivity index (χ0v) is 76.7. The van der Waals surface area contributed by atoms with Crippen LogP contribution in [0.15, 0.2) is 85.2 Å². The summed E-state index contributed by atoms with van der Waals surface area (Å²) in [6, 6.07) is 3.67. The normalized spacial score (nSPS) is 18.1. The lowest BCUT2D eigenvalue weighted by Crippen LogP contribution is -2.62. The highest BCUT2D eigenvalue weighted by molar-refractivity contribution is 6.01. The zero-order valence-electron chi connectivity index (χ0n) is 76.7. The Hall–Kier alpha value is -12.3. The van der Waals surface area contributed by atoms with Crippen molar-refractivity contribution < 1.29 is 96.8 Å². The molecule has 2 aromatic heterocycles. The Morgan fingerprint density at radius 3 is 1.77 bits per heavy atom. The molecule has 132 heavy (non-hydrogen) atoms. The van der Waals surface area contributed by atoms with Crippen LogP contribution in [0.1, 0.15) is 172 Å². The van der Waals surface area contributed by atoms with E-state index in [2.05, 4.69) is 52.8 Å². The molecule has 40 heteroatoms. The first-order valence-corrected chi connectivity index (χ1v) is 45.7. The molecule has 3 aliphatic heterocycles. The Balaban J connectivity index is 0.921. The summed E-state index contributed by atoms with van der Waals surface area (Å²) in [4.78, 5) is 247. The second-order valence-corrected chi connectivity index (χ2v) is 35.0. The molecule has 0 bridgehead atoms. The third-order valence-electron chi connectivity index (χ3n) is 24.6. The van der Waals surface area contributed by atoms with Gasteiger partial charge in [0.15, 0.2) is 0 Å². The number of likely N-dealkylation sites (N-methyl/N-ethyl adjacent to an activating group) is 3. The van der Waals surface area contributed by atoms with Gasteiger partial charge in [0, 0.05) is 107 Å². The molecule has 3 aromatic carbocycles. The number of para-hydroxylation sites is 2. The molecule has 14 amide bonds. The summed E-state index contributed by atoms with van der Waals surface area (Å²) < 4.78 is 1.52. The van der Waals surface area contributed by atoms with Gasteiger partial charge in [-0.15, -0.1) is 0 Å². The van der Waals surface area contributed by atoms with Gasteiger partial charge in [0.05, 0.1) is 30.7 Å². The molecular weight excluding hydrogens is 1710 g/mol. The van der Waals surface area contributed by atoms with Crippen LogP contribution in [0.2, 0.25) is 0 Å². The number of amides is 14. The van der Waals surface area contributed by atoms with Gasteiger partial charge in [0.2, 0.25) is 82.7 Å². The number of aromatic amines is 1. The van der Waals surface area contributed by atoms with Gasteiger partial charge < -0.3 is 125 Å². The van der Waals surface area contributed by atoms with Gasteiger partial charge in [-0.25, -0.2) is 0 Å². The second-order valence-electron chi connectivity index (χ2n) is 35.0. The summed E-state index contributed by atoms with van der Waals surface area (Å²) in [5.41, 5.74) is 28.6. The summed E-state index contributed by atoms with van der Waals surface area (Å²) in [6.45, 7) is 8.00. The number of likely N-dealkylation sites (tertiary alicyclic amines) is 3. The molecule has 0 unspecified atom stereocenters. The highest BCUT2D eigenvalue weighted by atomic mass is 16.4. The van der Waals surface area contributed by atoms with Crippen molar-refractivity contribution in [2.75, 3.05) is 60.4 Å². The highest BCUT2D eigenvalue weighted by Gasteiger charge is 2.46. The summed E-state index contributed by atoms with van der Waals surface area (Å²) in [7, 11) is 4.51. The number of benzene rings is 3. The molecule has 8 rings (SSSR count). The number of nitrogens with two attached hydrogens (primary N) is 4. The SMILES string of the molecule is CCCC[C@@H](C(=O)N(C)[C@@H](CCCC)C(=O)N[C@@H](CC(C)C)C(=O)NCCC[C@H](N)C(=O)N[C@@H](Cc1ccc(C)cc1)C(=O)N1CCCC[C@H]1C(=O)N[C@@H](CC(N)=O)C(=O)N1CCC[C@H]1C(=O)N[C@@H](CN)C(=O)N[C@@H](CCC(=O)O)C(=O)N1C[C@H](O)C[C@H]1C=O)N(C)C(=O)[C@H](Cc1cn(CC(=O)O)c2ccccc12)NC(=O)[C@H](CCN)NC(=O)[C@H](Cc1c[nH]c2ccccc12)NC. The monoisotopic (exact) mass is 1840 g/mol. The van der Waals surface area contributed by atoms with Crippen molar-refractivity contribution in [2.24, 2.45) is 28.9 Å². The van der Waals surface area contributed by atoms with Gasteiger partial charge in [-0.1, -0.05) is 120 Å². The molecule has 0 aliphatic carbocycles. The smallest absolute Gasteiger partial charge is 0.323 e. The number of carboxylic acid groups (broad SMARTS) is 2. The number of H-pyrrole nitrogens is 1. The van der Waals surface area contributed by atoms with Gasteiger partial charge in [-0.3, -0.25) is 76.7 Å². The van der Waals surface area contributed by atoms with Gasteiger partial charge >= 0.3 is 11.9 Å². The van der Waals surface area contributed by atoms with E-state index in [0.717, 1.165) is 31.8 Å². The number of aliphatic hydroxyl groups excluding tert-OH is 1. The number of piperidine rings is 1. The Kier molecular flexibility index (Phi) is 40.6. The van der Waals surface area contributed by atoms with Gasteiger partial charge in [-0.05, 0) is 139 Å². The van der Waals surface area contributed by atoms with Crippen molar-refractivity contribution in [3.05, 3.63) is 107 Å². The second kappa shape index (κ2) is 50.9. The minimum absolute atomic E-state index is 0.0132. The molecule has 0 spiro atoms. The van der Waals surface area contributed by atoms with Crippen LogP contribution in [-0.2, 0) is 107 Å². The number of carbonyl (C=O) groups is 17. The topological polar surface area (TPSA) is 600 Å². The van der Waals surface area contributed by atoms with Crippen LogP contribution in [0.25, 0.3) is 21.8 Å². The quantitative estimate of drug-likeness (QED) is 0.0171. The van der Waals surface area contributed by atoms with Crippen molar-refractivity contribution in [3.8, 4) is 0 Å². The number of aldehydes is 1. The minimum atomic E-state index is -1.69. The summed E-state index contributed by atoms with van der Waals surface area (Å²) >= 11 is 0. The van der Waals surface area contributed by atoms with Gasteiger partial charge in [-0.2, -0.15) is 0 Å². The average molecular weight is 1840 g/mol. The van der Waals surface area contributed by atoms with E-state index in [1.165, 1.54) is 33.4 Å². The minimum Gasteiger partial charge on any atom is -0.481 e. The van der Waals surface area contributed by atoms with Crippen LogP contribution in [0.3, 0.4) is 0 Å². The fraction of sp³-hybridized carbons (Fsp3) is 0.576. The largest absolute Gasteiger partial charge is 0.481 e. The fourth-order valence-electron chi connectivity index (χ4n) is 17.3. The number of fused-ring (bicyclic) bond motifs is 2. The van der Waals surface area contributed by atoms with E-state index in [4.69, 9.17) is 22.9 Å². The van der Waals surface area contributed by atoms with Crippen molar-refractivity contribution in [1.82, 2.24) is 81.9 Å². The molecule has 5 aromatic rings. The number of hydrogen-bond donors (Lipinski definition) is 17. The van der Waals surface area contributed by atoms with E-state index in [1.807, 2.05) is 77.2 Å². The Morgan fingerprint density at radius 1 is 0.568 bits per heavy atom. The number of unbranched alkanes of at least 4 members (excludes halogenated alkanes) is 2. The number of aromatic nitrogens is 2. The predicted octanol–water partition coefficient (Wildman–Crippen LogP) is -0.590. The summed E-state index contributed by atoms with van der Waals surface area (Å²) in [6.07, 6.45) is 4.58. The number of hydrogen-bond acceptors (Lipinski definition) is 22. The number of nitrogens with one attached hydrogen (secondary N) is 10. The third kappa shape index (κ3) is 29.1. The Labute approximate surface area is 767 Å². The highest BCUT2D eigenvalue weighted by Crippen LogP contribution is 2.29. The molecule has 15 atom stereocenters. The number of aryl methyl sites for hydroxylation is 1. The number of carbonyl (C=O) groups excluding carboxylic acids is 15. The molecular formula is C92H134N20O20. The van der Waals surface area contributed by atoms with Crippen LogP contribution in [0.4, 0.5) is 0 Å². The van der Waals surface area contributed by atoms with E-state index in [9.17, 15) is 82.4 Å². The lowest BCUT2D eigenvalue weighted by molar-refractivity contribution is -0.149. The van der Waals surface area contributed by atoms with Gasteiger partial charge in [0.25, 0.3) is 0 Å². The first kappa shape index (κ1) is 105. The predicted molar refractivity (Wildman–Crippen MR) is 488 cm³/mol. The number of aliphatic hydroxyl groups is 1. The number of nitrogens with zero attached hydrogens (tertiary/aromatic N) is 6. The number of primary amides is 1. The van der Waals surface area contributed by atoms with E-state index >= 15 is 14.4 Å². The molecule has 3 fully saturated rings. The maximum absolute atomic E-state index is 15.6. The van der Waals surface area contributed by atoms with Crippen LogP contribution >= 0.6 is 0 Å². The van der Waals surface area contributed by atoms with Crippen molar-refractivity contribution in [3.63, 3.8) is 0 Å². The molecule has 722 valence electrons. The van der Waals surface area contributed by atoms with Crippen LogP contribution in [0, 0.1) is 12.8 Å². The number of carboxylic acids is 2. The number of β-amino-alcohol motifs (C(OH)–C–C–N with tert-alkyl or cyclic N) is 1. The molecule has 21 N–H and O–H groups in total. The number of aliphatic carboxylic acids is 2. The summed E-state index contributed by atoms with van der Waals surface area (Å²) in [5.74, 6) is -13.4. The maximum atomic E-state index is 15.6. The Morgan fingerprint density at radius 2 is 1.14 bits per heavy atom. The molecule has 40 nitrogen and oxygen atoms in total. The summed E-state index contributed by atoms with van der Waals surface area (Å²) in [5, 5.41) is 56.0. The van der Waals surface area contributed by atoms with Crippen molar-refractivity contribution in [2.45, 2.75) is 273 Å². The standard InChI is InChI=1S/C92H134N20O20/c1-9-11-25-73(107(7)92(132)76(26-12-10-2)108(8)88(128)69(44-57-49-109(51-79(118)119)72-27-16-14-22-61(57)72)104-82(122)64(36-37-93)100-83(123)66(97-6)43-56-48-99-63-24-15-13-21-60(56)63)85(125)102-67(41-53(3)4)81(121)98-38-19-23-62(95)80(120)103-68(42-55-32-30-54(5)31-33-55)90(130)110-39-18-17-28-74(110)86(126)105-70(46-77(96)115)91(131)111-40-20-29-75(111)87(127)106-71(47-94)84(124)101-65(34-35-78(116)117)89(129)112-50-59(114)45-58(112)52-113/h13-16,21-22,24,27,30-33,48-49,52-53,58-59,62,64-71,73-76,97,99,114H,9-12,17-20,23,25-26,28-29,34-47,50-51,93-95H2,1-8H3,(H2,96,115)(H,98,121)(H,100,123)(H,101,124)(H,102,125)(H,103,120)(H,104,122)(H,105,126)(H,106,127)(H,116,117)(H,118,119)/t58-,59+,62-,64-,65-,66-,67-,68-,69-,70-,71-,73-,74-,75-,76-/m0/s1. The van der Waals surface area contributed by atoms with Crippen LogP contribution in [0.5, 0.6) is 0 Å². The fourth-order valence-corrected chi connectivity index (χ4v) is 17.3. The molecule has 5 heterocycles. The van der Waals surface area contributed by atoms with Crippen molar-refractivity contribution >= 4 is 123 Å². The zero-order chi connectivity index (χ0) is 96.7. The van der Waals surface area contributed by atoms with Crippen LogP contribution in [-0.4, -0.2) is 301 Å². The maximum Gasteiger partial charge on any atom is 0.323 e. The van der Waals surface area contributed by atoms with Crippen molar-refractivity contribution in [1.29, 1.82) is 0 Å². The molecule has 3 aliphatic rings. The van der Waals surface area contributed by atoms with E-state index < -0.39 is 218 Å². The van der Waals surface area contributed by atoms with E-state index in [0.29, 0.717) is 66.8 Å². The molecule has 3 saturated heterocycles. The lowest BCUT2D eigenvalue weighted by Gasteiger charge is -2.38. The molecule has 0 radical (unpaired) electrons. The number of rotatable bonds is 52. The van der Waals surface area contributed by atoms with E-state index in [-0.39, 0.29) is 122 Å². The lowest BCUT2D eigenvalue weighted by atomic mass is 9.97. The van der Waals surface area contributed by atoms with Gasteiger partial charge in [0.1, 0.15) is 79.3 Å². The average Bonchev–Trinajstić information content (AvgIpc) is 1.61. The first-order valence-electron chi connectivity index (χ1n) is 45.7. The Bertz CT molecular complexity index is 4870. The first-order chi connectivity index (χ1) is 62.9.